The van der Waals surface area contributed by atoms with Gasteiger partial charge in [-0.1, -0.05) is 11.6 Å². The molecule has 2 rings (SSSR count). The second kappa shape index (κ2) is 6.77. The monoisotopic (exact) mass is 306 g/mol. The van der Waals surface area contributed by atoms with Crippen LogP contribution in [0, 0.1) is 6.92 Å². The van der Waals surface area contributed by atoms with Gasteiger partial charge in [-0.15, -0.1) is 11.8 Å². The van der Waals surface area contributed by atoms with Gasteiger partial charge in [-0.3, -0.25) is 4.79 Å². The van der Waals surface area contributed by atoms with Crippen molar-refractivity contribution in [1.82, 2.24) is 4.98 Å². The Morgan fingerprint density at radius 1 is 1.30 bits per heavy atom. The van der Waals surface area contributed by atoms with E-state index < -0.39 is 0 Å². The van der Waals surface area contributed by atoms with Crippen molar-refractivity contribution in [2.75, 3.05) is 5.32 Å². The minimum atomic E-state index is -0.210. The minimum absolute atomic E-state index is 0.0666. The van der Waals surface area contributed by atoms with E-state index in [0.29, 0.717) is 10.8 Å². The quantitative estimate of drug-likeness (QED) is 0.862. The highest BCUT2D eigenvalue weighted by molar-refractivity contribution is 8.00. The molecule has 0 spiro atoms. The Hall–Kier alpha value is -1.52. The van der Waals surface area contributed by atoms with Gasteiger partial charge in [0, 0.05) is 16.1 Å². The molecule has 1 aromatic heterocycles. The average molecular weight is 307 g/mol. The van der Waals surface area contributed by atoms with E-state index in [0.717, 1.165) is 10.5 Å². The molecule has 0 aliphatic heterocycles. The molecule has 1 aromatic carbocycles. The van der Waals surface area contributed by atoms with Crippen molar-refractivity contribution < 1.29 is 4.79 Å². The van der Waals surface area contributed by atoms with Gasteiger partial charge >= 0.3 is 0 Å². The fourth-order valence-electron chi connectivity index (χ4n) is 1.60. The summed E-state index contributed by atoms with van der Waals surface area (Å²) in [6.45, 7) is 3.83. The third kappa shape index (κ3) is 4.25. The summed E-state index contributed by atoms with van der Waals surface area (Å²) in [5, 5.41) is 3.30. The maximum absolute atomic E-state index is 12.1. The number of hydrogen-bond donors (Lipinski definition) is 1. The lowest BCUT2D eigenvalue weighted by molar-refractivity contribution is -0.115. The molecule has 0 saturated heterocycles. The Bertz CT molecular complexity index is 601. The van der Waals surface area contributed by atoms with Crippen LogP contribution in [-0.4, -0.2) is 16.1 Å². The Morgan fingerprint density at radius 3 is 2.65 bits per heavy atom. The number of halogens is 1. The fourth-order valence-corrected chi connectivity index (χ4v) is 2.60. The Labute approximate surface area is 127 Å². The SMILES string of the molecule is Cc1ccnc(NC(=O)C(C)Sc2ccc(Cl)cc2)c1. The van der Waals surface area contributed by atoms with Crippen LogP contribution in [0.5, 0.6) is 0 Å². The number of nitrogens with one attached hydrogen (secondary N) is 1. The summed E-state index contributed by atoms with van der Waals surface area (Å²) in [6, 6.07) is 11.2. The molecule has 104 valence electrons. The topological polar surface area (TPSA) is 42.0 Å². The van der Waals surface area contributed by atoms with Crippen LogP contribution < -0.4 is 5.32 Å². The van der Waals surface area contributed by atoms with Crippen LogP contribution in [0.3, 0.4) is 0 Å². The molecule has 5 heteroatoms. The van der Waals surface area contributed by atoms with Crippen molar-refractivity contribution in [2.24, 2.45) is 0 Å². The van der Waals surface area contributed by atoms with Gasteiger partial charge in [0.1, 0.15) is 5.82 Å². The molecule has 20 heavy (non-hydrogen) atoms. The summed E-state index contributed by atoms with van der Waals surface area (Å²) < 4.78 is 0. The lowest BCUT2D eigenvalue weighted by atomic mass is 10.3. The molecule has 1 heterocycles. The first-order valence-electron chi connectivity index (χ1n) is 6.20. The molecule has 3 nitrogen and oxygen atoms in total. The molecular weight excluding hydrogens is 292 g/mol. The maximum Gasteiger partial charge on any atom is 0.238 e. The number of pyridine rings is 1. The fraction of sp³-hybridized carbons (Fsp3) is 0.200. The number of aromatic nitrogens is 1. The zero-order valence-electron chi connectivity index (χ0n) is 11.3. The summed E-state index contributed by atoms with van der Waals surface area (Å²) >= 11 is 7.32. The Kier molecular flexibility index (Phi) is 5.04. The molecule has 0 aliphatic carbocycles. The third-order valence-corrected chi connectivity index (χ3v) is 4.03. The molecular formula is C15H15ClN2OS. The van der Waals surface area contributed by atoms with E-state index in [9.17, 15) is 4.79 Å². The number of carbonyl (C=O) groups excluding carboxylic acids is 1. The van der Waals surface area contributed by atoms with Gasteiger partial charge in [-0.05, 0) is 55.8 Å². The average Bonchev–Trinajstić information content (AvgIpc) is 2.41. The van der Waals surface area contributed by atoms with E-state index in [4.69, 9.17) is 11.6 Å². The number of carbonyl (C=O) groups is 1. The number of rotatable bonds is 4. The predicted octanol–water partition coefficient (Wildman–Crippen LogP) is 4.16. The first kappa shape index (κ1) is 14.9. The van der Waals surface area contributed by atoms with Gasteiger partial charge in [-0.25, -0.2) is 4.98 Å². The maximum atomic E-state index is 12.1. The van der Waals surface area contributed by atoms with Crippen LogP contribution in [0.4, 0.5) is 5.82 Å². The van der Waals surface area contributed by atoms with E-state index in [-0.39, 0.29) is 11.2 Å². The van der Waals surface area contributed by atoms with Crippen molar-refractivity contribution >= 4 is 35.1 Å². The van der Waals surface area contributed by atoms with Crippen LogP contribution in [0.2, 0.25) is 5.02 Å². The van der Waals surface area contributed by atoms with Gasteiger partial charge < -0.3 is 5.32 Å². The number of hydrogen-bond acceptors (Lipinski definition) is 3. The lowest BCUT2D eigenvalue weighted by Crippen LogP contribution is -2.22. The molecule has 1 atom stereocenters. The summed E-state index contributed by atoms with van der Waals surface area (Å²) in [5.74, 6) is 0.515. The molecule has 1 unspecified atom stereocenters. The standard InChI is InChI=1S/C15H15ClN2OS/c1-10-7-8-17-14(9-10)18-15(19)11(2)20-13-5-3-12(16)4-6-13/h3-9,11H,1-2H3,(H,17,18,19). The van der Waals surface area contributed by atoms with Crippen molar-refractivity contribution in [3.05, 3.63) is 53.2 Å². The van der Waals surface area contributed by atoms with Crippen LogP contribution >= 0.6 is 23.4 Å². The molecule has 0 radical (unpaired) electrons. The molecule has 0 saturated carbocycles. The number of benzene rings is 1. The first-order chi connectivity index (χ1) is 9.54. The smallest absolute Gasteiger partial charge is 0.238 e. The van der Waals surface area contributed by atoms with E-state index in [1.807, 2.05) is 50.2 Å². The Morgan fingerprint density at radius 2 is 2.00 bits per heavy atom. The number of anilines is 1. The normalized spacial score (nSPS) is 11.9. The zero-order valence-corrected chi connectivity index (χ0v) is 12.8. The molecule has 1 amide bonds. The molecule has 0 bridgehead atoms. The van der Waals surface area contributed by atoms with Crippen LogP contribution in [-0.2, 0) is 4.79 Å². The highest BCUT2D eigenvalue weighted by Gasteiger charge is 2.15. The van der Waals surface area contributed by atoms with Crippen molar-refractivity contribution in [3.63, 3.8) is 0 Å². The second-order valence-corrected chi connectivity index (χ2v) is 6.27. The summed E-state index contributed by atoms with van der Waals surface area (Å²) in [5.41, 5.74) is 1.06. The molecule has 0 aliphatic rings. The van der Waals surface area contributed by atoms with E-state index in [1.165, 1.54) is 11.8 Å². The van der Waals surface area contributed by atoms with E-state index >= 15 is 0 Å². The molecule has 2 aromatic rings. The van der Waals surface area contributed by atoms with E-state index in [2.05, 4.69) is 10.3 Å². The summed E-state index contributed by atoms with van der Waals surface area (Å²) in [6.07, 6.45) is 1.68. The van der Waals surface area contributed by atoms with Crippen molar-refractivity contribution in [1.29, 1.82) is 0 Å². The van der Waals surface area contributed by atoms with Gasteiger partial charge in [0.05, 0.1) is 5.25 Å². The van der Waals surface area contributed by atoms with Crippen LogP contribution in [0.1, 0.15) is 12.5 Å². The predicted molar refractivity (Wildman–Crippen MR) is 84.4 cm³/mol. The molecule has 1 N–H and O–H groups in total. The first-order valence-corrected chi connectivity index (χ1v) is 7.46. The Balaban J connectivity index is 1.96. The zero-order chi connectivity index (χ0) is 14.5. The number of nitrogens with zero attached hydrogens (tertiary/aromatic N) is 1. The number of aryl methyl sites for hydroxylation is 1. The lowest BCUT2D eigenvalue weighted by Gasteiger charge is -2.11. The minimum Gasteiger partial charge on any atom is -0.310 e. The number of amides is 1. The van der Waals surface area contributed by atoms with E-state index in [1.54, 1.807) is 6.20 Å². The van der Waals surface area contributed by atoms with Crippen molar-refractivity contribution in [2.45, 2.75) is 24.0 Å². The van der Waals surface area contributed by atoms with Crippen LogP contribution in [0.25, 0.3) is 0 Å². The van der Waals surface area contributed by atoms with Gasteiger partial charge in [0.25, 0.3) is 0 Å². The highest BCUT2D eigenvalue weighted by atomic mass is 35.5. The number of thioether (sulfide) groups is 1. The third-order valence-electron chi connectivity index (χ3n) is 2.66. The van der Waals surface area contributed by atoms with Crippen molar-refractivity contribution in [3.8, 4) is 0 Å². The van der Waals surface area contributed by atoms with Gasteiger partial charge in [0.15, 0.2) is 0 Å². The van der Waals surface area contributed by atoms with Crippen LogP contribution in [0.15, 0.2) is 47.5 Å². The summed E-state index contributed by atoms with van der Waals surface area (Å²) in [4.78, 5) is 17.2. The summed E-state index contributed by atoms with van der Waals surface area (Å²) in [7, 11) is 0. The molecule has 0 fully saturated rings. The second-order valence-electron chi connectivity index (χ2n) is 4.42. The highest BCUT2D eigenvalue weighted by Crippen LogP contribution is 2.25. The largest absolute Gasteiger partial charge is 0.310 e. The van der Waals surface area contributed by atoms with Gasteiger partial charge in [-0.2, -0.15) is 0 Å². The van der Waals surface area contributed by atoms with Gasteiger partial charge in [0.2, 0.25) is 5.91 Å².